The minimum atomic E-state index is -0.229. The third-order valence-electron chi connectivity index (χ3n) is 4.91. The first-order chi connectivity index (χ1) is 11.3. The lowest BCUT2D eigenvalue weighted by molar-refractivity contribution is 0.0836. The maximum absolute atomic E-state index is 14.5. The molecule has 2 aliphatic rings. The van der Waals surface area contributed by atoms with E-state index in [9.17, 15) is 4.39 Å². The molecule has 0 atom stereocenters. The molecule has 0 bridgehead atoms. The summed E-state index contributed by atoms with van der Waals surface area (Å²) < 4.78 is 19.9. The maximum atomic E-state index is 14.5. The Morgan fingerprint density at radius 2 is 1.96 bits per heavy atom. The van der Waals surface area contributed by atoms with Gasteiger partial charge in [0.2, 0.25) is 0 Å². The summed E-state index contributed by atoms with van der Waals surface area (Å²) in [5.41, 5.74) is 1.46. The standard InChI is InChI=1S/C18H22FN3O/c19-16-10-13(12-22-5-1-2-6-22)9-15-11-20-18(21-17(15)16)14-3-7-23-8-4-14/h9-11,14H,1-8,12H2. The van der Waals surface area contributed by atoms with Crippen LogP contribution in [0.4, 0.5) is 4.39 Å². The summed E-state index contributed by atoms with van der Waals surface area (Å²) in [5, 5.41) is 0.801. The predicted octanol–water partition coefficient (Wildman–Crippen LogP) is 3.26. The molecule has 2 aromatic rings. The Balaban J connectivity index is 1.62. The van der Waals surface area contributed by atoms with E-state index >= 15 is 0 Å². The Morgan fingerprint density at radius 1 is 1.17 bits per heavy atom. The first-order valence-corrected chi connectivity index (χ1v) is 8.55. The van der Waals surface area contributed by atoms with Gasteiger partial charge in [-0.2, -0.15) is 0 Å². The van der Waals surface area contributed by atoms with E-state index in [2.05, 4.69) is 14.9 Å². The molecule has 4 rings (SSSR count). The number of aromatic nitrogens is 2. The second-order valence-electron chi connectivity index (χ2n) is 6.61. The van der Waals surface area contributed by atoms with Crippen LogP contribution in [0.1, 0.15) is 43.0 Å². The quantitative estimate of drug-likeness (QED) is 0.871. The molecule has 2 aliphatic heterocycles. The first kappa shape index (κ1) is 15.0. The van der Waals surface area contributed by atoms with Crippen molar-refractivity contribution in [3.05, 3.63) is 35.5 Å². The minimum absolute atomic E-state index is 0.229. The second-order valence-corrected chi connectivity index (χ2v) is 6.61. The molecular formula is C18H22FN3O. The first-order valence-electron chi connectivity index (χ1n) is 8.55. The van der Waals surface area contributed by atoms with Gasteiger partial charge in [-0.3, -0.25) is 4.90 Å². The third-order valence-corrected chi connectivity index (χ3v) is 4.91. The van der Waals surface area contributed by atoms with Crippen LogP contribution in [0.15, 0.2) is 18.3 Å². The number of hydrogen-bond donors (Lipinski definition) is 0. The van der Waals surface area contributed by atoms with Crippen molar-refractivity contribution in [2.75, 3.05) is 26.3 Å². The highest BCUT2D eigenvalue weighted by Crippen LogP contribution is 2.27. The van der Waals surface area contributed by atoms with E-state index in [1.807, 2.05) is 6.07 Å². The highest BCUT2D eigenvalue weighted by Gasteiger charge is 2.20. The molecule has 0 N–H and O–H groups in total. The number of halogens is 1. The van der Waals surface area contributed by atoms with Gasteiger partial charge in [0, 0.05) is 37.3 Å². The van der Waals surface area contributed by atoms with Crippen molar-refractivity contribution in [1.82, 2.24) is 14.9 Å². The number of nitrogens with zero attached hydrogens (tertiary/aromatic N) is 3. The highest BCUT2D eigenvalue weighted by molar-refractivity contribution is 5.79. The summed E-state index contributed by atoms with van der Waals surface area (Å²) in [6.45, 7) is 4.51. The molecule has 0 amide bonds. The fourth-order valence-corrected chi connectivity index (χ4v) is 3.62. The Kier molecular flexibility index (Phi) is 4.23. The molecular weight excluding hydrogens is 293 g/mol. The molecule has 4 nitrogen and oxygen atoms in total. The highest BCUT2D eigenvalue weighted by atomic mass is 19.1. The van der Waals surface area contributed by atoms with Gasteiger partial charge in [-0.1, -0.05) is 0 Å². The average molecular weight is 315 g/mol. The Hall–Kier alpha value is -1.59. The third kappa shape index (κ3) is 3.21. The second kappa shape index (κ2) is 6.49. The van der Waals surface area contributed by atoms with E-state index in [0.717, 1.165) is 62.5 Å². The summed E-state index contributed by atoms with van der Waals surface area (Å²) in [5.74, 6) is 0.816. The number of hydrogen-bond acceptors (Lipinski definition) is 4. The Morgan fingerprint density at radius 3 is 2.74 bits per heavy atom. The van der Waals surface area contributed by atoms with Gasteiger partial charge in [-0.25, -0.2) is 14.4 Å². The molecule has 23 heavy (non-hydrogen) atoms. The number of likely N-dealkylation sites (tertiary alicyclic amines) is 1. The molecule has 0 unspecified atom stereocenters. The van der Waals surface area contributed by atoms with Crippen LogP contribution in [0.25, 0.3) is 10.9 Å². The Bertz CT molecular complexity index is 694. The molecule has 3 heterocycles. The van der Waals surface area contributed by atoms with E-state index < -0.39 is 0 Å². The zero-order valence-electron chi connectivity index (χ0n) is 13.3. The molecule has 2 fully saturated rings. The van der Waals surface area contributed by atoms with Crippen molar-refractivity contribution < 1.29 is 9.13 Å². The van der Waals surface area contributed by atoms with Crippen LogP contribution in [0.5, 0.6) is 0 Å². The van der Waals surface area contributed by atoms with Gasteiger partial charge in [0.05, 0.1) is 0 Å². The lowest BCUT2D eigenvalue weighted by Crippen LogP contribution is -2.18. The van der Waals surface area contributed by atoms with E-state index in [1.54, 1.807) is 12.3 Å². The summed E-state index contributed by atoms with van der Waals surface area (Å²) >= 11 is 0. The molecule has 1 aromatic carbocycles. The molecule has 5 heteroatoms. The zero-order valence-corrected chi connectivity index (χ0v) is 13.3. The predicted molar refractivity (Wildman–Crippen MR) is 86.8 cm³/mol. The van der Waals surface area contributed by atoms with Gasteiger partial charge in [0.25, 0.3) is 0 Å². The number of fused-ring (bicyclic) bond motifs is 1. The molecule has 0 saturated carbocycles. The van der Waals surface area contributed by atoms with Gasteiger partial charge >= 0.3 is 0 Å². The van der Waals surface area contributed by atoms with Crippen LogP contribution >= 0.6 is 0 Å². The largest absolute Gasteiger partial charge is 0.381 e. The number of rotatable bonds is 3. The van der Waals surface area contributed by atoms with Crippen molar-refractivity contribution >= 4 is 10.9 Å². The Labute approximate surface area is 135 Å². The van der Waals surface area contributed by atoms with Crippen LogP contribution in [0.3, 0.4) is 0 Å². The maximum Gasteiger partial charge on any atom is 0.149 e. The normalized spacial score (nSPS) is 20.4. The minimum Gasteiger partial charge on any atom is -0.381 e. The number of ether oxygens (including phenoxy) is 1. The lowest BCUT2D eigenvalue weighted by atomic mass is 9.99. The van der Waals surface area contributed by atoms with Gasteiger partial charge in [0.1, 0.15) is 17.2 Å². The number of benzene rings is 1. The summed E-state index contributed by atoms with van der Waals surface area (Å²) in [6, 6.07) is 3.67. The van der Waals surface area contributed by atoms with Crippen LogP contribution in [-0.4, -0.2) is 41.2 Å². The molecule has 0 spiro atoms. The van der Waals surface area contributed by atoms with E-state index in [4.69, 9.17) is 4.74 Å². The van der Waals surface area contributed by atoms with Gasteiger partial charge in [-0.15, -0.1) is 0 Å². The van der Waals surface area contributed by atoms with Gasteiger partial charge < -0.3 is 4.74 Å². The molecule has 122 valence electrons. The van der Waals surface area contributed by atoms with Crippen molar-refractivity contribution in [3.63, 3.8) is 0 Å². The van der Waals surface area contributed by atoms with E-state index in [1.165, 1.54) is 12.8 Å². The summed E-state index contributed by atoms with van der Waals surface area (Å²) in [7, 11) is 0. The fourth-order valence-electron chi connectivity index (χ4n) is 3.62. The SMILES string of the molecule is Fc1cc(CN2CCCC2)cc2cnc(C3CCOCC3)nc12. The summed E-state index contributed by atoms with van der Waals surface area (Å²) in [6.07, 6.45) is 6.10. The lowest BCUT2D eigenvalue weighted by Gasteiger charge is -2.21. The van der Waals surface area contributed by atoms with E-state index in [-0.39, 0.29) is 11.7 Å². The van der Waals surface area contributed by atoms with Crippen molar-refractivity contribution in [2.24, 2.45) is 0 Å². The van der Waals surface area contributed by atoms with Gasteiger partial charge in [-0.05, 0) is 56.5 Å². The molecule has 0 radical (unpaired) electrons. The van der Waals surface area contributed by atoms with Crippen LogP contribution in [0, 0.1) is 5.82 Å². The monoisotopic (exact) mass is 315 g/mol. The van der Waals surface area contributed by atoms with Crippen LogP contribution < -0.4 is 0 Å². The molecule has 1 aromatic heterocycles. The van der Waals surface area contributed by atoms with Crippen LogP contribution in [0.2, 0.25) is 0 Å². The van der Waals surface area contributed by atoms with Crippen LogP contribution in [-0.2, 0) is 11.3 Å². The molecule has 0 aliphatic carbocycles. The zero-order chi connectivity index (χ0) is 15.6. The van der Waals surface area contributed by atoms with Gasteiger partial charge in [0.15, 0.2) is 0 Å². The molecule has 2 saturated heterocycles. The average Bonchev–Trinajstić information content (AvgIpc) is 3.08. The summed E-state index contributed by atoms with van der Waals surface area (Å²) in [4.78, 5) is 11.4. The van der Waals surface area contributed by atoms with Crippen molar-refractivity contribution in [2.45, 2.75) is 38.1 Å². The smallest absolute Gasteiger partial charge is 0.149 e. The van der Waals surface area contributed by atoms with Crippen molar-refractivity contribution in [1.29, 1.82) is 0 Å². The van der Waals surface area contributed by atoms with E-state index in [0.29, 0.717) is 5.52 Å². The topological polar surface area (TPSA) is 38.2 Å². The van der Waals surface area contributed by atoms with Crippen molar-refractivity contribution in [3.8, 4) is 0 Å². The fraction of sp³-hybridized carbons (Fsp3) is 0.556.